The summed E-state index contributed by atoms with van der Waals surface area (Å²) in [6.45, 7) is 8.14. The highest BCUT2D eigenvalue weighted by atomic mass is 32.2. The van der Waals surface area contributed by atoms with Crippen molar-refractivity contribution in [2.24, 2.45) is 5.14 Å². The minimum Gasteiger partial charge on any atom is -0.373 e. The Hall–Kier alpha value is -1.41. The van der Waals surface area contributed by atoms with Crippen LogP contribution < -0.4 is 15.8 Å². The van der Waals surface area contributed by atoms with Crippen LogP contribution in [0.15, 0.2) is 0 Å². The zero-order valence-corrected chi connectivity index (χ0v) is 13.4. The van der Waals surface area contributed by atoms with Crippen molar-refractivity contribution in [3.05, 3.63) is 11.4 Å². The van der Waals surface area contributed by atoms with Crippen molar-refractivity contribution in [3.63, 3.8) is 0 Å². The number of aromatic nitrogens is 2. The van der Waals surface area contributed by atoms with Gasteiger partial charge in [0.25, 0.3) is 0 Å². The Bertz CT molecular complexity index is 578. The van der Waals surface area contributed by atoms with Gasteiger partial charge in [0.1, 0.15) is 17.5 Å². The van der Waals surface area contributed by atoms with Crippen molar-refractivity contribution in [1.82, 2.24) is 9.97 Å². The van der Waals surface area contributed by atoms with Crippen LogP contribution in [0.25, 0.3) is 0 Å². The Labute approximate surface area is 120 Å². The van der Waals surface area contributed by atoms with E-state index in [9.17, 15) is 8.42 Å². The van der Waals surface area contributed by atoms with Crippen molar-refractivity contribution in [2.75, 3.05) is 30.0 Å². The van der Waals surface area contributed by atoms with Crippen LogP contribution in [0.4, 0.5) is 11.6 Å². The molecule has 0 aliphatic carbocycles. The summed E-state index contributed by atoms with van der Waals surface area (Å²) in [4.78, 5) is 8.95. The molecule has 0 atom stereocenters. The summed E-state index contributed by atoms with van der Waals surface area (Å²) in [5, 5.41) is 11.0. The first kappa shape index (κ1) is 16.6. The van der Waals surface area contributed by atoms with E-state index >= 15 is 0 Å². The molecule has 0 saturated carbocycles. The second-order valence-corrected chi connectivity index (χ2v) is 7.40. The number of sulfonamides is 1. The van der Waals surface area contributed by atoms with Gasteiger partial charge in [0.15, 0.2) is 0 Å². The molecule has 1 rings (SSSR count). The predicted octanol–water partition coefficient (Wildman–Crippen LogP) is 0.825. The molecule has 1 heterocycles. The normalized spacial score (nSPS) is 12.3. The molecule has 0 fully saturated rings. The fourth-order valence-electron chi connectivity index (χ4n) is 1.58. The largest absolute Gasteiger partial charge is 0.373 e. The van der Waals surface area contributed by atoms with E-state index in [4.69, 9.17) is 5.14 Å². The van der Waals surface area contributed by atoms with Gasteiger partial charge in [-0.1, -0.05) is 20.8 Å². The SMILES string of the molecule is CNc1nc(C(C)(C)C)nc(NCCS(N)(=O)=O)c1C. The van der Waals surface area contributed by atoms with Crippen molar-refractivity contribution in [2.45, 2.75) is 33.1 Å². The Morgan fingerprint density at radius 2 is 1.75 bits per heavy atom. The lowest BCUT2D eigenvalue weighted by molar-refractivity contribution is 0.546. The number of nitrogens with one attached hydrogen (secondary N) is 2. The Kier molecular flexibility index (Phi) is 4.93. The van der Waals surface area contributed by atoms with E-state index < -0.39 is 10.0 Å². The van der Waals surface area contributed by atoms with Gasteiger partial charge in [-0.3, -0.25) is 0 Å². The van der Waals surface area contributed by atoms with Crippen LogP contribution in [-0.4, -0.2) is 37.7 Å². The zero-order chi connectivity index (χ0) is 15.6. The van der Waals surface area contributed by atoms with Crippen LogP contribution in [-0.2, 0) is 15.4 Å². The quantitative estimate of drug-likeness (QED) is 0.743. The second kappa shape index (κ2) is 5.92. The molecule has 0 aromatic carbocycles. The topological polar surface area (TPSA) is 110 Å². The molecule has 7 nitrogen and oxygen atoms in total. The first-order valence-electron chi connectivity index (χ1n) is 6.36. The van der Waals surface area contributed by atoms with E-state index in [2.05, 4.69) is 20.6 Å². The van der Waals surface area contributed by atoms with E-state index in [0.29, 0.717) is 11.6 Å². The molecular formula is C12H23N5O2S. The molecule has 4 N–H and O–H groups in total. The average molecular weight is 301 g/mol. The van der Waals surface area contributed by atoms with Crippen LogP contribution >= 0.6 is 0 Å². The van der Waals surface area contributed by atoms with Crippen LogP contribution in [0.3, 0.4) is 0 Å². The van der Waals surface area contributed by atoms with Crippen LogP contribution in [0.2, 0.25) is 0 Å². The number of hydrogen-bond acceptors (Lipinski definition) is 6. The summed E-state index contributed by atoms with van der Waals surface area (Å²) >= 11 is 0. The molecule has 0 bridgehead atoms. The molecule has 20 heavy (non-hydrogen) atoms. The standard InChI is InChI=1S/C12H23N5O2S/c1-8-9(14-5)16-11(12(2,3)4)17-10(8)15-6-7-20(13,18)19/h6-7H2,1-5H3,(H2,13,18,19)(H2,14,15,16,17). The molecule has 0 saturated heterocycles. The van der Waals surface area contributed by atoms with E-state index in [1.54, 1.807) is 7.05 Å². The molecule has 1 aromatic heterocycles. The highest BCUT2D eigenvalue weighted by Gasteiger charge is 2.20. The average Bonchev–Trinajstić information content (AvgIpc) is 2.28. The number of nitrogens with zero attached hydrogens (tertiary/aromatic N) is 2. The number of nitrogens with two attached hydrogens (primary N) is 1. The minimum atomic E-state index is -3.48. The summed E-state index contributed by atoms with van der Waals surface area (Å²) in [5.74, 6) is 1.89. The number of anilines is 2. The Balaban J connectivity index is 3.05. The van der Waals surface area contributed by atoms with Crippen LogP contribution in [0.1, 0.15) is 32.2 Å². The molecule has 0 unspecified atom stereocenters. The maximum Gasteiger partial charge on any atom is 0.210 e. The van der Waals surface area contributed by atoms with Crippen molar-refractivity contribution < 1.29 is 8.42 Å². The third-order valence-electron chi connectivity index (χ3n) is 2.73. The second-order valence-electron chi connectivity index (χ2n) is 5.66. The van der Waals surface area contributed by atoms with E-state index in [1.165, 1.54) is 0 Å². The van der Waals surface area contributed by atoms with Gasteiger partial charge in [0, 0.05) is 24.6 Å². The maximum atomic E-state index is 10.9. The molecule has 114 valence electrons. The van der Waals surface area contributed by atoms with Gasteiger partial charge in [0.2, 0.25) is 10.0 Å². The fraction of sp³-hybridized carbons (Fsp3) is 0.667. The first-order valence-corrected chi connectivity index (χ1v) is 8.07. The van der Waals surface area contributed by atoms with Gasteiger partial charge in [0.05, 0.1) is 5.75 Å². The van der Waals surface area contributed by atoms with Crippen LogP contribution in [0, 0.1) is 6.92 Å². The van der Waals surface area contributed by atoms with Gasteiger partial charge in [-0.25, -0.2) is 23.5 Å². The molecule has 0 radical (unpaired) electrons. The van der Waals surface area contributed by atoms with Crippen molar-refractivity contribution >= 4 is 21.7 Å². The van der Waals surface area contributed by atoms with Crippen molar-refractivity contribution in [3.8, 4) is 0 Å². The Morgan fingerprint density at radius 1 is 1.20 bits per heavy atom. The molecule has 0 aliphatic rings. The third kappa shape index (κ3) is 4.61. The smallest absolute Gasteiger partial charge is 0.210 e. The highest BCUT2D eigenvalue weighted by molar-refractivity contribution is 7.89. The molecular weight excluding hydrogens is 278 g/mol. The zero-order valence-electron chi connectivity index (χ0n) is 12.6. The Morgan fingerprint density at radius 3 is 2.20 bits per heavy atom. The van der Waals surface area contributed by atoms with E-state index in [0.717, 1.165) is 11.4 Å². The first-order chi connectivity index (χ1) is 9.04. The minimum absolute atomic E-state index is 0.143. The van der Waals surface area contributed by atoms with E-state index in [-0.39, 0.29) is 17.7 Å². The molecule has 0 amide bonds. The summed E-state index contributed by atoms with van der Waals surface area (Å²) in [7, 11) is -1.70. The van der Waals surface area contributed by atoms with Gasteiger partial charge >= 0.3 is 0 Å². The monoisotopic (exact) mass is 301 g/mol. The lowest BCUT2D eigenvalue weighted by Crippen LogP contribution is -2.24. The molecule has 1 aromatic rings. The summed E-state index contributed by atoms with van der Waals surface area (Å²) in [6, 6.07) is 0. The van der Waals surface area contributed by atoms with Gasteiger partial charge < -0.3 is 10.6 Å². The molecule has 0 spiro atoms. The van der Waals surface area contributed by atoms with Crippen molar-refractivity contribution in [1.29, 1.82) is 0 Å². The van der Waals surface area contributed by atoms with E-state index in [1.807, 2.05) is 27.7 Å². The summed E-state index contributed by atoms with van der Waals surface area (Å²) in [5.41, 5.74) is 0.644. The number of primary sulfonamides is 1. The fourth-order valence-corrected chi connectivity index (χ4v) is 1.97. The maximum absolute atomic E-state index is 10.9. The number of rotatable bonds is 5. The summed E-state index contributed by atoms with van der Waals surface area (Å²) in [6.07, 6.45) is 0. The van der Waals surface area contributed by atoms with Crippen LogP contribution in [0.5, 0.6) is 0 Å². The molecule has 8 heteroatoms. The van der Waals surface area contributed by atoms with Gasteiger partial charge in [-0.2, -0.15) is 0 Å². The highest BCUT2D eigenvalue weighted by Crippen LogP contribution is 2.25. The van der Waals surface area contributed by atoms with Gasteiger partial charge in [-0.15, -0.1) is 0 Å². The molecule has 0 aliphatic heterocycles. The summed E-state index contributed by atoms with van der Waals surface area (Å²) < 4.78 is 21.9. The lowest BCUT2D eigenvalue weighted by Gasteiger charge is -2.20. The number of hydrogen-bond donors (Lipinski definition) is 3. The lowest BCUT2D eigenvalue weighted by atomic mass is 9.95. The third-order valence-corrected chi connectivity index (χ3v) is 3.51. The van der Waals surface area contributed by atoms with Gasteiger partial charge in [-0.05, 0) is 6.92 Å². The predicted molar refractivity (Wildman–Crippen MR) is 81.5 cm³/mol.